The summed E-state index contributed by atoms with van der Waals surface area (Å²) in [5.74, 6) is 1.66. The first-order valence-electron chi connectivity index (χ1n) is 9.12. The SMILES string of the molecule is COc1ccc(-c2nn(C)c(-c3ccccc3)c2-c2ccc(OC)cc2)cc1. The van der Waals surface area contributed by atoms with Crippen molar-refractivity contribution in [3.8, 4) is 45.1 Å². The molecule has 28 heavy (non-hydrogen) atoms. The highest BCUT2D eigenvalue weighted by Crippen LogP contribution is 2.40. The van der Waals surface area contributed by atoms with E-state index < -0.39 is 0 Å². The van der Waals surface area contributed by atoms with Crippen LogP contribution < -0.4 is 9.47 Å². The van der Waals surface area contributed by atoms with E-state index in [1.165, 1.54) is 0 Å². The van der Waals surface area contributed by atoms with Crippen molar-refractivity contribution in [3.63, 3.8) is 0 Å². The molecule has 3 aromatic carbocycles. The van der Waals surface area contributed by atoms with Crippen LogP contribution in [0, 0.1) is 0 Å². The number of aromatic nitrogens is 2. The Bertz CT molecular complexity index is 1070. The first-order chi connectivity index (χ1) is 13.7. The van der Waals surface area contributed by atoms with Crippen LogP contribution in [0.5, 0.6) is 11.5 Å². The normalized spacial score (nSPS) is 10.7. The number of methoxy groups -OCH3 is 2. The van der Waals surface area contributed by atoms with Crippen molar-refractivity contribution in [2.24, 2.45) is 7.05 Å². The van der Waals surface area contributed by atoms with Gasteiger partial charge in [0.05, 0.1) is 19.9 Å². The van der Waals surface area contributed by atoms with Crippen LogP contribution in [0.4, 0.5) is 0 Å². The molecule has 0 atom stereocenters. The quantitative estimate of drug-likeness (QED) is 0.469. The van der Waals surface area contributed by atoms with Gasteiger partial charge in [-0.3, -0.25) is 4.68 Å². The molecule has 0 amide bonds. The first kappa shape index (κ1) is 17.9. The molecule has 0 spiro atoms. The second-order valence-corrected chi connectivity index (χ2v) is 6.52. The average Bonchev–Trinajstić information content (AvgIpc) is 3.11. The van der Waals surface area contributed by atoms with Gasteiger partial charge in [-0.05, 0) is 42.0 Å². The Morgan fingerprint density at radius 3 is 1.71 bits per heavy atom. The lowest BCUT2D eigenvalue weighted by Crippen LogP contribution is -1.94. The standard InChI is InChI=1S/C24H22N2O2/c1-26-24(19-7-5-4-6-8-19)22(17-9-13-20(27-2)14-10-17)23(25-26)18-11-15-21(28-3)16-12-18/h4-16H,1-3H3. The van der Waals surface area contributed by atoms with Crippen molar-refractivity contribution in [1.82, 2.24) is 9.78 Å². The second-order valence-electron chi connectivity index (χ2n) is 6.52. The molecule has 0 aliphatic carbocycles. The van der Waals surface area contributed by atoms with Crippen molar-refractivity contribution in [1.29, 1.82) is 0 Å². The summed E-state index contributed by atoms with van der Waals surface area (Å²) in [5, 5.41) is 4.88. The third-order valence-electron chi connectivity index (χ3n) is 4.84. The van der Waals surface area contributed by atoms with Crippen LogP contribution in [0.25, 0.3) is 33.6 Å². The highest BCUT2D eigenvalue weighted by molar-refractivity contribution is 5.91. The molecule has 0 unspecified atom stereocenters. The Morgan fingerprint density at radius 1 is 0.643 bits per heavy atom. The molecule has 4 rings (SSSR count). The highest BCUT2D eigenvalue weighted by Gasteiger charge is 2.20. The van der Waals surface area contributed by atoms with E-state index in [2.05, 4.69) is 24.3 Å². The molecule has 0 radical (unpaired) electrons. The minimum Gasteiger partial charge on any atom is -0.497 e. The third-order valence-corrected chi connectivity index (χ3v) is 4.84. The molecule has 0 saturated carbocycles. The van der Waals surface area contributed by atoms with E-state index in [1.807, 2.05) is 66.3 Å². The van der Waals surface area contributed by atoms with E-state index in [9.17, 15) is 0 Å². The zero-order chi connectivity index (χ0) is 19.5. The molecule has 0 aliphatic heterocycles. The molecule has 1 aromatic heterocycles. The zero-order valence-corrected chi connectivity index (χ0v) is 16.2. The van der Waals surface area contributed by atoms with Crippen molar-refractivity contribution >= 4 is 0 Å². The smallest absolute Gasteiger partial charge is 0.118 e. The topological polar surface area (TPSA) is 36.3 Å². The number of hydrogen-bond acceptors (Lipinski definition) is 3. The summed E-state index contributed by atoms with van der Waals surface area (Å²) in [4.78, 5) is 0. The molecule has 140 valence electrons. The summed E-state index contributed by atoms with van der Waals surface area (Å²) in [6, 6.07) is 26.5. The molecule has 0 saturated heterocycles. The number of ether oxygens (including phenoxy) is 2. The molecule has 4 aromatic rings. The van der Waals surface area contributed by atoms with Gasteiger partial charge in [-0.1, -0.05) is 42.5 Å². The maximum Gasteiger partial charge on any atom is 0.118 e. The summed E-state index contributed by atoms with van der Waals surface area (Å²) >= 11 is 0. The van der Waals surface area contributed by atoms with Crippen molar-refractivity contribution in [3.05, 3.63) is 78.9 Å². The van der Waals surface area contributed by atoms with Crippen LogP contribution in [0.3, 0.4) is 0 Å². The minimum atomic E-state index is 0.828. The Morgan fingerprint density at radius 2 is 1.18 bits per heavy atom. The van der Waals surface area contributed by atoms with Crippen LogP contribution in [0.2, 0.25) is 0 Å². The maximum atomic E-state index is 5.33. The van der Waals surface area contributed by atoms with Gasteiger partial charge >= 0.3 is 0 Å². The van der Waals surface area contributed by atoms with E-state index in [1.54, 1.807) is 14.2 Å². The fourth-order valence-corrected chi connectivity index (χ4v) is 3.43. The molecular formula is C24H22N2O2. The molecule has 0 N–H and O–H groups in total. The van der Waals surface area contributed by atoms with Crippen LogP contribution in [-0.4, -0.2) is 24.0 Å². The number of hydrogen-bond donors (Lipinski definition) is 0. The second kappa shape index (κ2) is 7.61. The predicted octanol–water partition coefficient (Wildman–Crippen LogP) is 5.44. The van der Waals surface area contributed by atoms with Gasteiger partial charge in [0.1, 0.15) is 17.2 Å². The molecule has 0 bridgehead atoms. The molecule has 0 fully saturated rings. The van der Waals surface area contributed by atoms with Crippen molar-refractivity contribution < 1.29 is 9.47 Å². The van der Waals surface area contributed by atoms with E-state index in [4.69, 9.17) is 14.6 Å². The summed E-state index contributed by atoms with van der Waals surface area (Å²) in [5.41, 5.74) is 6.39. The van der Waals surface area contributed by atoms with Gasteiger partial charge in [0.2, 0.25) is 0 Å². The van der Waals surface area contributed by atoms with Crippen molar-refractivity contribution in [2.45, 2.75) is 0 Å². The fraction of sp³-hybridized carbons (Fsp3) is 0.125. The lowest BCUT2D eigenvalue weighted by Gasteiger charge is -2.09. The summed E-state index contributed by atoms with van der Waals surface area (Å²) < 4.78 is 12.6. The summed E-state index contributed by atoms with van der Waals surface area (Å²) in [6.07, 6.45) is 0. The van der Waals surface area contributed by atoms with E-state index in [0.29, 0.717) is 0 Å². The predicted molar refractivity (Wildman–Crippen MR) is 113 cm³/mol. The van der Waals surface area contributed by atoms with Crippen LogP contribution in [0.1, 0.15) is 0 Å². The van der Waals surface area contributed by atoms with E-state index >= 15 is 0 Å². The Labute approximate surface area is 165 Å². The van der Waals surface area contributed by atoms with Gasteiger partial charge in [-0.2, -0.15) is 5.10 Å². The lowest BCUT2D eigenvalue weighted by atomic mass is 9.95. The molecule has 4 heteroatoms. The number of nitrogens with zero attached hydrogens (tertiary/aromatic N) is 2. The maximum absolute atomic E-state index is 5.33. The third kappa shape index (κ3) is 3.25. The van der Waals surface area contributed by atoms with E-state index in [0.717, 1.165) is 45.1 Å². The zero-order valence-electron chi connectivity index (χ0n) is 16.2. The molecule has 1 heterocycles. The van der Waals surface area contributed by atoms with Crippen LogP contribution >= 0.6 is 0 Å². The van der Waals surface area contributed by atoms with Gasteiger partial charge in [0.25, 0.3) is 0 Å². The summed E-state index contributed by atoms with van der Waals surface area (Å²) in [7, 11) is 5.34. The monoisotopic (exact) mass is 370 g/mol. The van der Waals surface area contributed by atoms with Crippen LogP contribution in [0.15, 0.2) is 78.9 Å². The number of aryl methyl sites for hydroxylation is 1. The first-order valence-corrected chi connectivity index (χ1v) is 9.12. The fourth-order valence-electron chi connectivity index (χ4n) is 3.43. The average molecular weight is 370 g/mol. The molecule has 4 nitrogen and oxygen atoms in total. The Kier molecular flexibility index (Phi) is 4.85. The lowest BCUT2D eigenvalue weighted by molar-refractivity contribution is 0.414. The Hall–Kier alpha value is -3.53. The van der Waals surface area contributed by atoms with Gasteiger partial charge in [0.15, 0.2) is 0 Å². The minimum absolute atomic E-state index is 0.828. The van der Waals surface area contributed by atoms with Gasteiger partial charge in [-0.25, -0.2) is 0 Å². The van der Waals surface area contributed by atoms with Gasteiger partial charge in [0, 0.05) is 23.7 Å². The van der Waals surface area contributed by atoms with Crippen LogP contribution in [-0.2, 0) is 7.05 Å². The molecular weight excluding hydrogens is 348 g/mol. The van der Waals surface area contributed by atoms with Crippen molar-refractivity contribution in [2.75, 3.05) is 14.2 Å². The highest BCUT2D eigenvalue weighted by atomic mass is 16.5. The summed E-state index contributed by atoms with van der Waals surface area (Å²) in [6.45, 7) is 0. The number of rotatable bonds is 5. The largest absolute Gasteiger partial charge is 0.497 e. The number of benzene rings is 3. The van der Waals surface area contributed by atoms with Gasteiger partial charge in [-0.15, -0.1) is 0 Å². The molecule has 0 aliphatic rings. The van der Waals surface area contributed by atoms with Gasteiger partial charge < -0.3 is 9.47 Å². The van der Waals surface area contributed by atoms with E-state index in [-0.39, 0.29) is 0 Å². The Balaban J connectivity index is 1.95.